The van der Waals surface area contributed by atoms with Gasteiger partial charge in [0, 0.05) is 48.0 Å². The molecule has 1 nitrogen and oxygen atoms in total. The molecule has 0 amide bonds. The molecular formula is C30H32N+. The summed E-state index contributed by atoms with van der Waals surface area (Å²) in [7, 11) is 0. The number of rotatable bonds is 7. The maximum absolute atomic E-state index is 2.38. The summed E-state index contributed by atoms with van der Waals surface area (Å²) in [5.74, 6) is 0. The number of hydrogen-bond donors (Lipinski definition) is 0. The Hall–Kier alpha value is -3.16. The van der Waals surface area contributed by atoms with Crippen molar-refractivity contribution in [1.29, 1.82) is 0 Å². The molecule has 0 aliphatic heterocycles. The van der Waals surface area contributed by atoms with Crippen molar-refractivity contribution in [1.82, 2.24) is 4.48 Å². The molecule has 0 radical (unpaired) electrons. The molecule has 0 fully saturated rings. The Kier molecular flexibility index (Phi) is 6.34. The Morgan fingerprint density at radius 3 is 1.23 bits per heavy atom. The standard InChI is InChI=1S/C30H32N/c1-4-24-22-23-30(29(6-3)28(24)5-2)31(25-16-10-7-11-17-25,26-18-12-8-13-19-26)27-20-14-9-15-21-27/h7-23H,4-6H2,1-3H3/q+1. The van der Waals surface area contributed by atoms with Gasteiger partial charge in [0.1, 0.15) is 17.1 Å². The summed E-state index contributed by atoms with van der Waals surface area (Å²) in [6, 6.07) is 37.5. The molecule has 0 heterocycles. The lowest BCUT2D eigenvalue weighted by atomic mass is 9.91. The lowest BCUT2D eigenvalue weighted by Gasteiger charge is -2.39. The molecule has 0 saturated carbocycles. The van der Waals surface area contributed by atoms with E-state index in [2.05, 4.69) is 124 Å². The molecule has 0 saturated heterocycles. The van der Waals surface area contributed by atoms with Gasteiger partial charge >= 0.3 is 0 Å². The van der Waals surface area contributed by atoms with Crippen LogP contribution in [-0.4, -0.2) is 0 Å². The van der Waals surface area contributed by atoms with E-state index >= 15 is 0 Å². The third kappa shape index (κ3) is 3.60. The highest BCUT2D eigenvalue weighted by Crippen LogP contribution is 2.53. The minimum Gasteiger partial charge on any atom is -0.194 e. The van der Waals surface area contributed by atoms with E-state index in [-0.39, 0.29) is 0 Å². The van der Waals surface area contributed by atoms with Crippen LogP contribution < -0.4 is 4.48 Å². The summed E-state index contributed by atoms with van der Waals surface area (Å²) in [4.78, 5) is 0. The van der Waals surface area contributed by atoms with Crippen molar-refractivity contribution in [3.63, 3.8) is 0 Å². The molecule has 0 aliphatic carbocycles. The van der Waals surface area contributed by atoms with Gasteiger partial charge in [-0.1, -0.05) is 81.4 Å². The molecule has 0 N–H and O–H groups in total. The third-order valence-corrected chi connectivity index (χ3v) is 6.38. The SMILES string of the molecule is CCc1ccc([N+](c2ccccc2)(c2ccccc2)c2ccccc2)c(CC)c1CC. The fraction of sp³-hybridized carbons (Fsp3) is 0.200. The van der Waals surface area contributed by atoms with Crippen molar-refractivity contribution in [2.75, 3.05) is 0 Å². The number of aryl methyl sites for hydroxylation is 1. The monoisotopic (exact) mass is 406 g/mol. The first-order valence-electron chi connectivity index (χ1n) is 11.5. The van der Waals surface area contributed by atoms with Gasteiger partial charge in [0.15, 0.2) is 5.69 Å². The van der Waals surface area contributed by atoms with Gasteiger partial charge in [-0.25, -0.2) is 0 Å². The minimum atomic E-state index is 0.586. The average molecular weight is 407 g/mol. The second kappa shape index (κ2) is 9.32. The predicted molar refractivity (Wildman–Crippen MR) is 135 cm³/mol. The van der Waals surface area contributed by atoms with Gasteiger partial charge in [0.05, 0.1) is 0 Å². The van der Waals surface area contributed by atoms with E-state index in [0.29, 0.717) is 4.48 Å². The zero-order valence-corrected chi connectivity index (χ0v) is 18.9. The quantitative estimate of drug-likeness (QED) is 0.269. The highest BCUT2D eigenvalue weighted by molar-refractivity contribution is 5.83. The Balaban J connectivity index is 2.20. The lowest BCUT2D eigenvalue weighted by Crippen LogP contribution is -2.34. The lowest BCUT2D eigenvalue weighted by molar-refractivity contribution is 0.692. The molecule has 0 aromatic heterocycles. The fourth-order valence-electron chi connectivity index (χ4n) is 5.03. The molecule has 4 rings (SSSR count). The predicted octanol–water partition coefficient (Wildman–Crippen LogP) is 8.68. The Morgan fingerprint density at radius 2 is 0.871 bits per heavy atom. The van der Waals surface area contributed by atoms with Crippen molar-refractivity contribution in [2.24, 2.45) is 0 Å². The first-order valence-corrected chi connectivity index (χ1v) is 11.5. The van der Waals surface area contributed by atoms with Crippen LogP contribution in [0.5, 0.6) is 0 Å². The molecule has 31 heavy (non-hydrogen) atoms. The summed E-state index contributed by atoms with van der Waals surface area (Å²) in [5.41, 5.74) is 9.55. The Bertz CT molecular complexity index is 1020. The van der Waals surface area contributed by atoms with Crippen LogP contribution in [0.2, 0.25) is 0 Å². The van der Waals surface area contributed by atoms with E-state index in [1.165, 1.54) is 39.4 Å². The highest BCUT2D eigenvalue weighted by atomic mass is 15.4. The number of nitrogens with zero attached hydrogens (tertiary/aromatic N) is 1. The van der Waals surface area contributed by atoms with Gasteiger partial charge in [0.2, 0.25) is 0 Å². The van der Waals surface area contributed by atoms with Crippen LogP contribution in [-0.2, 0) is 19.3 Å². The van der Waals surface area contributed by atoms with Crippen molar-refractivity contribution < 1.29 is 0 Å². The van der Waals surface area contributed by atoms with Gasteiger partial charge in [-0.15, -0.1) is 0 Å². The topological polar surface area (TPSA) is 0 Å². The second-order valence-corrected chi connectivity index (χ2v) is 7.94. The maximum Gasteiger partial charge on any atom is 0.151 e. The summed E-state index contributed by atoms with van der Waals surface area (Å²) < 4.78 is 0.586. The molecule has 0 bridgehead atoms. The third-order valence-electron chi connectivity index (χ3n) is 6.38. The van der Waals surface area contributed by atoms with E-state index in [9.17, 15) is 0 Å². The van der Waals surface area contributed by atoms with E-state index in [0.717, 1.165) is 19.3 Å². The zero-order chi connectivity index (χ0) is 21.7. The number of hydrogen-bond acceptors (Lipinski definition) is 0. The second-order valence-electron chi connectivity index (χ2n) is 7.94. The summed E-state index contributed by atoms with van der Waals surface area (Å²) in [6.45, 7) is 6.86. The number of quaternary nitrogens is 1. The molecule has 0 aliphatic rings. The summed E-state index contributed by atoms with van der Waals surface area (Å²) in [6.07, 6.45) is 3.13. The summed E-state index contributed by atoms with van der Waals surface area (Å²) >= 11 is 0. The van der Waals surface area contributed by atoms with Crippen molar-refractivity contribution in [3.8, 4) is 0 Å². The van der Waals surface area contributed by atoms with Gasteiger partial charge < -0.3 is 0 Å². The molecule has 156 valence electrons. The average Bonchev–Trinajstić information content (AvgIpc) is 2.86. The first-order chi connectivity index (χ1) is 15.3. The van der Waals surface area contributed by atoms with Crippen LogP contribution in [0.3, 0.4) is 0 Å². The van der Waals surface area contributed by atoms with Gasteiger partial charge in [0.25, 0.3) is 0 Å². The smallest absolute Gasteiger partial charge is 0.151 e. The van der Waals surface area contributed by atoms with Crippen LogP contribution in [0.25, 0.3) is 0 Å². The Labute approximate surface area is 187 Å². The van der Waals surface area contributed by atoms with Crippen molar-refractivity contribution >= 4 is 22.7 Å². The zero-order valence-electron chi connectivity index (χ0n) is 18.9. The van der Waals surface area contributed by atoms with Crippen molar-refractivity contribution in [2.45, 2.75) is 40.0 Å². The Morgan fingerprint density at radius 1 is 0.452 bits per heavy atom. The first kappa shape index (κ1) is 21.1. The molecule has 0 unspecified atom stereocenters. The van der Waals surface area contributed by atoms with E-state index in [4.69, 9.17) is 0 Å². The fourth-order valence-corrected chi connectivity index (χ4v) is 5.03. The van der Waals surface area contributed by atoms with Crippen LogP contribution in [0.15, 0.2) is 103 Å². The number of benzene rings is 4. The number of para-hydroxylation sites is 3. The van der Waals surface area contributed by atoms with Gasteiger partial charge in [-0.3, -0.25) is 0 Å². The van der Waals surface area contributed by atoms with Crippen LogP contribution in [0.1, 0.15) is 37.5 Å². The minimum absolute atomic E-state index is 0.586. The van der Waals surface area contributed by atoms with E-state index < -0.39 is 0 Å². The molecule has 4 aromatic carbocycles. The molecule has 0 spiro atoms. The van der Waals surface area contributed by atoms with Crippen molar-refractivity contribution in [3.05, 3.63) is 120 Å². The normalized spacial score (nSPS) is 11.5. The highest BCUT2D eigenvalue weighted by Gasteiger charge is 2.41. The maximum atomic E-state index is 2.38. The van der Waals surface area contributed by atoms with Gasteiger partial charge in [-0.05, 0) is 30.4 Å². The summed E-state index contributed by atoms with van der Waals surface area (Å²) in [5, 5.41) is 0. The largest absolute Gasteiger partial charge is 0.194 e. The van der Waals surface area contributed by atoms with Crippen LogP contribution in [0.4, 0.5) is 22.7 Å². The molecule has 0 atom stereocenters. The van der Waals surface area contributed by atoms with E-state index in [1.807, 2.05) is 0 Å². The molecule has 4 aromatic rings. The van der Waals surface area contributed by atoms with Crippen LogP contribution >= 0.6 is 0 Å². The molecule has 1 heteroatoms. The van der Waals surface area contributed by atoms with Gasteiger partial charge in [-0.2, -0.15) is 4.48 Å². The van der Waals surface area contributed by atoms with E-state index in [1.54, 1.807) is 0 Å². The van der Waals surface area contributed by atoms with Crippen LogP contribution in [0, 0.1) is 0 Å². The molecular weight excluding hydrogens is 374 g/mol.